The summed E-state index contributed by atoms with van der Waals surface area (Å²) in [6.07, 6.45) is -0.552. The molecule has 0 aliphatic carbocycles. The van der Waals surface area contributed by atoms with E-state index in [9.17, 15) is 5.11 Å². The first-order chi connectivity index (χ1) is 9.24. The number of para-hydroxylation sites is 1. The summed E-state index contributed by atoms with van der Waals surface area (Å²) in [6, 6.07) is 17.3. The Labute approximate surface area is 121 Å². The van der Waals surface area contributed by atoms with Gasteiger partial charge in [0.25, 0.3) is 0 Å². The molecule has 1 atom stereocenters. The van der Waals surface area contributed by atoms with Crippen LogP contribution in [0.15, 0.2) is 59.1 Å². The summed E-state index contributed by atoms with van der Waals surface area (Å²) in [5.74, 6) is 0.752. The molecule has 2 rings (SSSR count). The van der Waals surface area contributed by atoms with Crippen LogP contribution in [0.25, 0.3) is 0 Å². The Kier molecular flexibility index (Phi) is 5.24. The SMILES string of the molecule is OC(CNc1ccccc1)COc1ccc(Br)cc1. The van der Waals surface area contributed by atoms with Gasteiger partial charge in [0.1, 0.15) is 18.5 Å². The fraction of sp³-hybridized carbons (Fsp3) is 0.200. The first-order valence-electron chi connectivity index (χ1n) is 6.09. The van der Waals surface area contributed by atoms with Crippen molar-refractivity contribution in [3.05, 3.63) is 59.1 Å². The number of nitrogens with one attached hydrogen (secondary N) is 1. The van der Waals surface area contributed by atoms with Crippen LogP contribution in [0.1, 0.15) is 0 Å². The van der Waals surface area contributed by atoms with E-state index >= 15 is 0 Å². The van der Waals surface area contributed by atoms with E-state index in [4.69, 9.17) is 4.74 Å². The van der Waals surface area contributed by atoms with Crippen LogP contribution >= 0.6 is 15.9 Å². The Morgan fingerprint density at radius 3 is 2.42 bits per heavy atom. The molecule has 0 fully saturated rings. The molecule has 100 valence electrons. The van der Waals surface area contributed by atoms with E-state index in [0.717, 1.165) is 15.9 Å². The molecule has 0 aliphatic heterocycles. The topological polar surface area (TPSA) is 41.5 Å². The van der Waals surface area contributed by atoms with Gasteiger partial charge < -0.3 is 15.2 Å². The fourth-order valence-electron chi connectivity index (χ4n) is 1.57. The highest BCUT2D eigenvalue weighted by Gasteiger charge is 2.05. The maximum Gasteiger partial charge on any atom is 0.119 e. The number of halogens is 1. The number of ether oxygens (including phenoxy) is 1. The second kappa shape index (κ2) is 7.16. The first kappa shape index (κ1) is 13.9. The van der Waals surface area contributed by atoms with E-state index in [2.05, 4.69) is 21.2 Å². The molecule has 0 spiro atoms. The van der Waals surface area contributed by atoms with Crippen molar-refractivity contribution in [3.63, 3.8) is 0 Å². The molecule has 2 aromatic rings. The van der Waals surface area contributed by atoms with Gasteiger partial charge in [0.2, 0.25) is 0 Å². The number of hydrogen-bond donors (Lipinski definition) is 2. The zero-order valence-electron chi connectivity index (χ0n) is 10.4. The summed E-state index contributed by atoms with van der Waals surface area (Å²) in [7, 11) is 0. The molecule has 2 N–H and O–H groups in total. The van der Waals surface area contributed by atoms with Gasteiger partial charge >= 0.3 is 0 Å². The summed E-state index contributed by atoms with van der Waals surface area (Å²) in [6.45, 7) is 0.724. The average molecular weight is 322 g/mol. The summed E-state index contributed by atoms with van der Waals surface area (Å²) < 4.78 is 6.51. The highest BCUT2D eigenvalue weighted by Crippen LogP contribution is 2.16. The molecule has 0 amide bonds. The van der Waals surface area contributed by atoms with Crippen molar-refractivity contribution < 1.29 is 9.84 Å². The highest BCUT2D eigenvalue weighted by molar-refractivity contribution is 9.10. The van der Waals surface area contributed by atoms with Gasteiger partial charge in [0, 0.05) is 16.7 Å². The molecule has 0 saturated carbocycles. The predicted octanol–water partition coefficient (Wildman–Crippen LogP) is 3.30. The number of anilines is 1. The van der Waals surface area contributed by atoms with Crippen molar-refractivity contribution in [1.82, 2.24) is 0 Å². The smallest absolute Gasteiger partial charge is 0.119 e. The molecule has 3 nitrogen and oxygen atoms in total. The van der Waals surface area contributed by atoms with E-state index in [-0.39, 0.29) is 6.61 Å². The molecule has 2 aromatic carbocycles. The van der Waals surface area contributed by atoms with Crippen LogP contribution < -0.4 is 10.1 Å². The van der Waals surface area contributed by atoms with Crippen molar-refractivity contribution in [2.45, 2.75) is 6.10 Å². The molecule has 0 heterocycles. The van der Waals surface area contributed by atoms with Gasteiger partial charge in [-0.3, -0.25) is 0 Å². The van der Waals surface area contributed by atoms with Crippen LogP contribution in [0.3, 0.4) is 0 Å². The van der Waals surface area contributed by atoms with Crippen molar-refractivity contribution in [3.8, 4) is 5.75 Å². The van der Waals surface area contributed by atoms with E-state index in [1.54, 1.807) is 0 Å². The van der Waals surface area contributed by atoms with Crippen LogP contribution in [0.2, 0.25) is 0 Å². The van der Waals surface area contributed by atoms with E-state index < -0.39 is 6.10 Å². The Morgan fingerprint density at radius 1 is 1.05 bits per heavy atom. The molecule has 0 bridgehead atoms. The summed E-state index contributed by atoms with van der Waals surface area (Å²) in [4.78, 5) is 0. The van der Waals surface area contributed by atoms with Gasteiger partial charge in [-0.15, -0.1) is 0 Å². The molecule has 19 heavy (non-hydrogen) atoms. The lowest BCUT2D eigenvalue weighted by molar-refractivity contribution is 0.117. The Morgan fingerprint density at radius 2 is 1.74 bits per heavy atom. The third kappa shape index (κ3) is 4.93. The number of hydrogen-bond acceptors (Lipinski definition) is 3. The normalized spacial score (nSPS) is 11.9. The molecule has 0 radical (unpaired) electrons. The second-order valence-corrected chi connectivity index (χ2v) is 5.08. The van der Waals surface area contributed by atoms with Crippen molar-refractivity contribution >= 4 is 21.6 Å². The van der Waals surface area contributed by atoms with E-state index in [1.807, 2.05) is 54.6 Å². The molecule has 0 aliphatic rings. The summed E-state index contributed by atoms with van der Waals surface area (Å²) in [5.41, 5.74) is 0.991. The molecule has 0 aromatic heterocycles. The van der Waals surface area contributed by atoms with E-state index in [1.165, 1.54) is 0 Å². The zero-order chi connectivity index (χ0) is 13.5. The number of aliphatic hydroxyl groups is 1. The van der Waals surface area contributed by atoms with Gasteiger partial charge in [-0.25, -0.2) is 0 Å². The van der Waals surface area contributed by atoms with Crippen LogP contribution in [0.4, 0.5) is 5.69 Å². The summed E-state index contributed by atoms with van der Waals surface area (Å²) in [5, 5.41) is 13.0. The van der Waals surface area contributed by atoms with Crippen LogP contribution in [0, 0.1) is 0 Å². The van der Waals surface area contributed by atoms with E-state index in [0.29, 0.717) is 6.54 Å². The van der Waals surface area contributed by atoms with Gasteiger partial charge in [0.15, 0.2) is 0 Å². The maximum absolute atomic E-state index is 9.83. The van der Waals surface area contributed by atoms with Crippen molar-refractivity contribution in [2.75, 3.05) is 18.5 Å². The third-order valence-electron chi connectivity index (χ3n) is 2.57. The monoisotopic (exact) mass is 321 g/mol. The molecule has 0 saturated heterocycles. The molecule has 4 heteroatoms. The van der Waals surface area contributed by atoms with Crippen LogP contribution in [0.5, 0.6) is 5.75 Å². The standard InChI is InChI=1S/C15H16BrNO2/c16-12-6-8-15(9-7-12)19-11-14(18)10-17-13-4-2-1-3-5-13/h1-9,14,17-18H,10-11H2. The van der Waals surface area contributed by atoms with Gasteiger partial charge in [-0.1, -0.05) is 34.1 Å². The highest BCUT2D eigenvalue weighted by atomic mass is 79.9. The Bertz CT molecular complexity index is 487. The van der Waals surface area contributed by atoms with Gasteiger partial charge in [-0.05, 0) is 36.4 Å². The van der Waals surface area contributed by atoms with Crippen molar-refractivity contribution in [2.24, 2.45) is 0 Å². The van der Waals surface area contributed by atoms with Crippen LogP contribution in [-0.2, 0) is 0 Å². The third-order valence-corrected chi connectivity index (χ3v) is 3.10. The quantitative estimate of drug-likeness (QED) is 0.857. The minimum atomic E-state index is -0.552. The lowest BCUT2D eigenvalue weighted by atomic mass is 10.3. The van der Waals surface area contributed by atoms with Crippen molar-refractivity contribution in [1.29, 1.82) is 0 Å². The molecular weight excluding hydrogens is 306 g/mol. The van der Waals surface area contributed by atoms with Crippen LogP contribution in [-0.4, -0.2) is 24.4 Å². The molecular formula is C15H16BrNO2. The predicted molar refractivity (Wildman–Crippen MR) is 80.6 cm³/mol. The summed E-state index contributed by atoms with van der Waals surface area (Å²) >= 11 is 3.36. The maximum atomic E-state index is 9.83. The minimum absolute atomic E-state index is 0.265. The first-order valence-corrected chi connectivity index (χ1v) is 6.89. The minimum Gasteiger partial charge on any atom is -0.491 e. The fourth-order valence-corrected chi connectivity index (χ4v) is 1.84. The number of rotatable bonds is 6. The van der Waals surface area contributed by atoms with Gasteiger partial charge in [-0.2, -0.15) is 0 Å². The number of benzene rings is 2. The lowest BCUT2D eigenvalue weighted by Gasteiger charge is -2.14. The lowest BCUT2D eigenvalue weighted by Crippen LogP contribution is -2.26. The Hall–Kier alpha value is -1.52. The van der Waals surface area contributed by atoms with Gasteiger partial charge in [0.05, 0.1) is 0 Å². The second-order valence-electron chi connectivity index (χ2n) is 4.17. The Balaban J connectivity index is 1.72. The zero-order valence-corrected chi connectivity index (χ0v) is 12.0. The largest absolute Gasteiger partial charge is 0.491 e. The average Bonchev–Trinajstić information content (AvgIpc) is 2.45. The number of aliphatic hydroxyl groups excluding tert-OH is 1. The molecule has 1 unspecified atom stereocenters.